The fraction of sp³-hybridized carbons (Fsp3) is 1.00. The monoisotopic (exact) mass is 260 g/mol. The van der Waals surface area contributed by atoms with Crippen LogP contribution in [0.3, 0.4) is 0 Å². The molecule has 5 heteroatoms. The van der Waals surface area contributed by atoms with E-state index >= 15 is 0 Å². The van der Waals surface area contributed by atoms with Crippen molar-refractivity contribution in [3.8, 4) is 0 Å². The van der Waals surface area contributed by atoms with Crippen LogP contribution in [0.2, 0.25) is 0 Å². The summed E-state index contributed by atoms with van der Waals surface area (Å²) in [7, 11) is 0. The molecular weight excluding hydrogens is 260 g/mol. The van der Waals surface area contributed by atoms with Crippen molar-refractivity contribution in [3.05, 3.63) is 0 Å². The molecule has 0 atom stereocenters. The molecule has 0 aromatic rings. The van der Waals surface area contributed by atoms with Crippen LogP contribution in [0, 0.1) is 0 Å². The number of hydrogen-bond acceptors (Lipinski definition) is 1. The van der Waals surface area contributed by atoms with Crippen molar-refractivity contribution in [1.29, 1.82) is 0 Å². The molecule has 0 radical (unpaired) electrons. The summed E-state index contributed by atoms with van der Waals surface area (Å²) in [5, 5.41) is 8.34. The van der Waals surface area contributed by atoms with E-state index in [4.69, 9.17) is 5.11 Å². The summed E-state index contributed by atoms with van der Waals surface area (Å²) in [5.74, 6) is 0. The maximum absolute atomic E-state index is 7.91. The third-order valence-corrected chi connectivity index (χ3v) is 2.28. The molecular formula is CH3Br2LiOZn. The summed E-state index contributed by atoms with van der Waals surface area (Å²) in [6.45, 7) is 0. The van der Waals surface area contributed by atoms with Crippen LogP contribution in [0.15, 0.2) is 0 Å². The van der Waals surface area contributed by atoms with Crippen molar-refractivity contribution >= 4 is 43.2 Å². The predicted molar refractivity (Wildman–Crippen MR) is 30.7 cm³/mol. The van der Waals surface area contributed by atoms with E-state index in [1.165, 1.54) is 0 Å². The van der Waals surface area contributed by atoms with Crippen LogP contribution in [0.25, 0.3) is 0 Å². The van der Waals surface area contributed by atoms with Crippen LogP contribution >= 0.6 is 27.4 Å². The van der Waals surface area contributed by atoms with Gasteiger partial charge in [0.1, 0.15) is 0 Å². The van der Waals surface area contributed by atoms with Gasteiger partial charge in [-0.3, -0.25) is 0 Å². The van der Waals surface area contributed by atoms with Crippen LogP contribution < -0.4 is 0 Å². The van der Waals surface area contributed by atoms with E-state index in [1.807, 2.05) is 15.8 Å². The van der Waals surface area contributed by atoms with E-state index in [0.29, 0.717) is 5.20 Å². The molecule has 0 fully saturated rings. The Morgan fingerprint density at radius 1 is 1.67 bits per heavy atom. The average Bonchev–Trinajstić information content (AvgIpc) is 1.72. The Morgan fingerprint density at radius 2 is 1.83 bits per heavy atom. The minimum atomic E-state index is -0.521. The predicted octanol–water partition coefficient (Wildman–Crippen LogP) is 0.793. The molecule has 0 aromatic carbocycles. The first kappa shape index (κ1) is 11.0. The Labute approximate surface area is 67.9 Å². The van der Waals surface area contributed by atoms with Crippen molar-refractivity contribution in [2.24, 2.45) is 0 Å². The molecule has 6 heavy (non-hydrogen) atoms. The molecule has 0 aromatic heterocycles. The Bertz CT molecular complexity index is 15.5. The number of rotatable bonds is 1. The van der Waals surface area contributed by atoms with E-state index in [0.717, 1.165) is 0 Å². The molecule has 1 N–H and O–H groups in total. The molecule has 0 unspecified atom stereocenters. The number of hydrogen-bond donors (Lipinski definition) is 1. The molecule has 0 aliphatic carbocycles. The molecule has 0 amide bonds. The van der Waals surface area contributed by atoms with Gasteiger partial charge in [-0.2, -0.15) is 0 Å². The molecule has 0 saturated heterocycles. The molecule has 1 nitrogen and oxygen atoms in total. The molecule has 0 bridgehead atoms. The Morgan fingerprint density at radius 3 is 1.83 bits per heavy atom. The SMILES string of the molecule is O[CH2][Zn][Br].[Li][Br]. The number of aliphatic hydroxyl groups excluding tert-OH is 1. The van der Waals surface area contributed by atoms with E-state index in [-0.39, 0.29) is 0 Å². The topological polar surface area (TPSA) is 20.2 Å². The van der Waals surface area contributed by atoms with Crippen molar-refractivity contribution < 1.29 is 20.3 Å². The summed E-state index contributed by atoms with van der Waals surface area (Å²) in [4.78, 5) is 0. The fourth-order valence-electron chi connectivity index (χ4n) is 0. The number of aliphatic hydroxyl groups is 1. The van der Waals surface area contributed by atoms with E-state index < -0.39 is 15.2 Å². The van der Waals surface area contributed by atoms with Crippen molar-refractivity contribution in [3.63, 3.8) is 0 Å². The van der Waals surface area contributed by atoms with Gasteiger partial charge in [-0.25, -0.2) is 0 Å². The van der Waals surface area contributed by atoms with Gasteiger partial charge in [0.15, 0.2) is 0 Å². The average molecular weight is 263 g/mol. The van der Waals surface area contributed by atoms with Gasteiger partial charge in [0, 0.05) is 0 Å². The summed E-state index contributed by atoms with van der Waals surface area (Å²) in [6, 6.07) is 0. The van der Waals surface area contributed by atoms with Crippen LogP contribution in [0.5, 0.6) is 0 Å². The zero-order valence-corrected chi connectivity index (χ0v) is 9.76. The second kappa shape index (κ2) is 15.7. The summed E-state index contributed by atoms with van der Waals surface area (Å²) in [6.07, 6.45) is 0. The van der Waals surface area contributed by atoms with Crippen molar-refractivity contribution in [1.82, 2.24) is 0 Å². The van der Waals surface area contributed by atoms with Crippen LogP contribution in [0.1, 0.15) is 0 Å². The van der Waals surface area contributed by atoms with Crippen LogP contribution in [0.4, 0.5) is 0 Å². The second-order valence-electron chi connectivity index (χ2n) is 0.413. The zero-order valence-electron chi connectivity index (χ0n) is 3.62. The molecule has 0 rings (SSSR count). The van der Waals surface area contributed by atoms with Gasteiger partial charge < -0.3 is 0 Å². The normalized spacial score (nSPS) is 4.83. The first-order chi connectivity index (χ1) is 2.91. The van der Waals surface area contributed by atoms with Gasteiger partial charge >= 0.3 is 68.6 Å². The molecule has 0 aliphatic heterocycles. The Kier molecular flexibility index (Phi) is 28.8. The van der Waals surface area contributed by atoms with Crippen molar-refractivity contribution in [2.45, 2.75) is 0 Å². The Balaban J connectivity index is 0. The molecule has 0 heterocycles. The summed E-state index contributed by atoms with van der Waals surface area (Å²) < 4.78 is 0. The maximum atomic E-state index is 7.91. The molecule has 0 aliphatic rings. The zero-order chi connectivity index (χ0) is 5.41. The molecule has 0 saturated carbocycles. The third-order valence-electron chi connectivity index (χ3n) is 0.0845. The van der Waals surface area contributed by atoms with Gasteiger partial charge in [0.25, 0.3) is 0 Å². The Hall–Kier alpha value is 2.14. The molecule has 0 spiro atoms. The summed E-state index contributed by atoms with van der Waals surface area (Å²) >= 11 is 7.41. The first-order valence-corrected chi connectivity index (χ1v) is 12.1. The van der Waals surface area contributed by atoms with Gasteiger partial charge in [0.2, 0.25) is 0 Å². The molecule has 30 valence electrons. The number of halogens is 2. The first-order valence-electron chi connectivity index (χ1n) is 1.46. The third kappa shape index (κ3) is 16.5. The van der Waals surface area contributed by atoms with Crippen LogP contribution in [-0.2, 0) is 15.2 Å². The van der Waals surface area contributed by atoms with E-state index in [2.05, 4.69) is 27.4 Å². The van der Waals surface area contributed by atoms with E-state index in [1.54, 1.807) is 0 Å². The van der Waals surface area contributed by atoms with Gasteiger partial charge in [-0.15, -0.1) is 0 Å². The van der Waals surface area contributed by atoms with Gasteiger partial charge in [-0.05, 0) is 0 Å². The second-order valence-corrected chi connectivity index (χ2v) is 6.26. The quantitative estimate of drug-likeness (QED) is 0.694. The van der Waals surface area contributed by atoms with Gasteiger partial charge in [-0.1, -0.05) is 0 Å². The van der Waals surface area contributed by atoms with Crippen LogP contribution in [-0.4, -0.2) is 26.1 Å². The minimum absolute atomic E-state index is 0.424. The standard InChI is InChI=1S/CH3O.2BrH.Li.Zn/c1-2;;;;/h2H,1H2;2*1H;;/q;;;2*+1/p-2. The van der Waals surface area contributed by atoms with Crippen molar-refractivity contribution in [2.75, 3.05) is 5.20 Å². The van der Waals surface area contributed by atoms with E-state index in [9.17, 15) is 0 Å². The summed E-state index contributed by atoms with van der Waals surface area (Å²) in [5.41, 5.74) is 0. The van der Waals surface area contributed by atoms with Gasteiger partial charge in [0.05, 0.1) is 0 Å². The fourth-order valence-corrected chi connectivity index (χ4v) is 0.